The van der Waals surface area contributed by atoms with Gasteiger partial charge in [-0.2, -0.15) is 0 Å². The van der Waals surface area contributed by atoms with Crippen molar-refractivity contribution in [1.29, 1.82) is 0 Å². The largest absolute Gasteiger partial charge is 0.351 e. The van der Waals surface area contributed by atoms with Gasteiger partial charge in [0.2, 0.25) is 0 Å². The zero-order chi connectivity index (χ0) is 10.1. The lowest BCUT2D eigenvalue weighted by Gasteiger charge is -2.23. The van der Waals surface area contributed by atoms with E-state index in [0.717, 1.165) is 6.04 Å². The molecule has 2 aliphatic carbocycles. The summed E-state index contributed by atoms with van der Waals surface area (Å²) in [5, 5.41) is 0. The normalized spacial score (nSPS) is 22.7. The zero-order valence-electron chi connectivity index (χ0n) is 9.54. The lowest BCUT2D eigenvalue weighted by molar-refractivity contribution is 0.353. The molecule has 2 aliphatic rings. The topological polar surface area (TPSA) is 4.93 Å². The molecule has 0 aliphatic heterocycles. The Bertz CT molecular complexity index is 308. The summed E-state index contributed by atoms with van der Waals surface area (Å²) in [4.78, 5) is 0. The highest BCUT2D eigenvalue weighted by Gasteiger charge is 2.18. The molecule has 1 heteroatoms. The van der Waals surface area contributed by atoms with Gasteiger partial charge in [0.25, 0.3) is 0 Å². The van der Waals surface area contributed by atoms with E-state index in [1.165, 1.54) is 57.8 Å². The van der Waals surface area contributed by atoms with Crippen LogP contribution in [0.2, 0.25) is 0 Å². The van der Waals surface area contributed by atoms with Gasteiger partial charge >= 0.3 is 0 Å². The number of fused-ring (bicyclic) bond motifs is 1. The first-order chi connectivity index (χ1) is 7.43. The zero-order valence-corrected chi connectivity index (χ0v) is 9.54. The van der Waals surface area contributed by atoms with Gasteiger partial charge in [-0.05, 0) is 49.7 Å². The van der Waals surface area contributed by atoms with E-state index < -0.39 is 0 Å². The van der Waals surface area contributed by atoms with Crippen LogP contribution in [-0.2, 0) is 12.8 Å². The van der Waals surface area contributed by atoms with E-state index in [-0.39, 0.29) is 0 Å². The van der Waals surface area contributed by atoms with E-state index in [1.807, 2.05) is 0 Å². The van der Waals surface area contributed by atoms with Crippen molar-refractivity contribution in [2.24, 2.45) is 0 Å². The van der Waals surface area contributed by atoms with Gasteiger partial charge in [-0.3, -0.25) is 0 Å². The molecule has 3 rings (SSSR count). The minimum atomic E-state index is 0.823. The Hall–Kier alpha value is -0.720. The van der Waals surface area contributed by atoms with Crippen molar-refractivity contribution in [3.63, 3.8) is 0 Å². The van der Waals surface area contributed by atoms with Gasteiger partial charge in [0.15, 0.2) is 0 Å². The van der Waals surface area contributed by atoms with Crippen molar-refractivity contribution in [2.75, 3.05) is 0 Å². The van der Waals surface area contributed by atoms with Gasteiger partial charge in [-0.25, -0.2) is 0 Å². The van der Waals surface area contributed by atoms with Crippen molar-refractivity contribution in [3.8, 4) is 0 Å². The molecular weight excluding hydrogens is 182 g/mol. The summed E-state index contributed by atoms with van der Waals surface area (Å²) < 4.78 is 2.54. The van der Waals surface area contributed by atoms with Crippen LogP contribution in [0.5, 0.6) is 0 Å². The fourth-order valence-electron chi connectivity index (χ4n) is 3.23. The Kier molecular flexibility index (Phi) is 2.56. The van der Waals surface area contributed by atoms with E-state index in [0.29, 0.717) is 0 Å². The summed E-state index contributed by atoms with van der Waals surface area (Å²) in [7, 11) is 0. The van der Waals surface area contributed by atoms with Crippen molar-refractivity contribution in [1.82, 2.24) is 4.57 Å². The molecule has 1 fully saturated rings. The molecule has 1 heterocycles. The Morgan fingerprint density at radius 1 is 0.800 bits per heavy atom. The van der Waals surface area contributed by atoms with Crippen molar-refractivity contribution >= 4 is 0 Å². The molecule has 15 heavy (non-hydrogen) atoms. The summed E-state index contributed by atoms with van der Waals surface area (Å²) in [6.45, 7) is 0. The highest BCUT2D eigenvalue weighted by Crippen LogP contribution is 2.31. The maximum atomic E-state index is 2.54. The summed E-state index contributed by atoms with van der Waals surface area (Å²) in [6.07, 6.45) is 17.5. The molecule has 0 amide bonds. The summed E-state index contributed by atoms with van der Waals surface area (Å²) in [6, 6.07) is 0.823. The summed E-state index contributed by atoms with van der Waals surface area (Å²) in [5.74, 6) is 0. The first-order valence-corrected chi connectivity index (χ1v) is 6.63. The van der Waals surface area contributed by atoms with Gasteiger partial charge in [-0.15, -0.1) is 0 Å². The molecule has 1 nitrogen and oxygen atoms in total. The van der Waals surface area contributed by atoms with E-state index >= 15 is 0 Å². The quantitative estimate of drug-likeness (QED) is 0.653. The van der Waals surface area contributed by atoms with Gasteiger partial charge in [0, 0.05) is 18.4 Å². The highest BCUT2D eigenvalue weighted by atomic mass is 15.0. The first kappa shape index (κ1) is 9.50. The molecule has 0 radical (unpaired) electrons. The smallest absolute Gasteiger partial charge is 0.0330 e. The molecule has 0 saturated heterocycles. The van der Waals surface area contributed by atoms with Crippen LogP contribution in [0, 0.1) is 0 Å². The Labute approximate surface area is 92.5 Å². The minimum Gasteiger partial charge on any atom is -0.351 e. The predicted octanol–water partition coefficient (Wildman–Crippen LogP) is 3.87. The SMILES string of the molecule is c1c2c(cn1C1CCCCC1)CCCC2. The van der Waals surface area contributed by atoms with Crippen LogP contribution in [-0.4, -0.2) is 4.57 Å². The standard InChI is InChI=1S/C14H21N/c1-2-8-14(9-3-1)15-10-12-6-4-5-7-13(12)11-15/h10-11,14H,1-9H2. The predicted molar refractivity (Wildman–Crippen MR) is 63.2 cm³/mol. The molecule has 0 bridgehead atoms. The van der Waals surface area contributed by atoms with Crippen LogP contribution >= 0.6 is 0 Å². The molecule has 1 aromatic rings. The van der Waals surface area contributed by atoms with E-state index in [4.69, 9.17) is 0 Å². The monoisotopic (exact) mass is 203 g/mol. The second-order valence-corrected chi connectivity index (χ2v) is 5.25. The molecule has 0 aromatic carbocycles. The average molecular weight is 203 g/mol. The van der Waals surface area contributed by atoms with Crippen LogP contribution in [0.1, 0.15) is 62.1 Å². The number of rotatable bonds is 1. The van der Waals surface area contributed by atoms with Crippen molar-refractivity contribution in [2.45, 2.75) is 63.8 Å². The van der Waals surface area contributed by atoms with Crippen LogP contribution in [0.25, 0.3) is 0 Å². The third-order valence-corrected chi connectivity index (χ3v) is 4.16. The summed E-state index contributed by atoms with van der Waals surface area (Å²) in [5.41, 5.74) is 3.29. The maximum Gasteiger partial charge on any atom is 0.0330 e. The average Bonchev–Trinajstić information content (AvgIpc) is 2.74. The first-order valence-electron chi connectivity index (χ1n) is 6.63. The molecule has 82 valence electrons. The Morgan fingerprint density at radius 3 is 2.00 bits per heavy atom. The van der Waals surface area contributed by atoms with Crippen LogP contribution < -0.4 is 0 Å². The molecule has 1 aromatic heterocycles. The molecule has 1 saturated carbocycles. The molecule has 0 unspecified atom stereocenters. The number of aromatic nitrogens is 1. The van der Waals surface area contributed by atoms with E-state index in [1.54, 1.807) is 11.1 Å². The number of aryl methyl sites for hydroxylation is 2. The molecular formula is C14H21N. The Morgan fingerprint density at radius 2 is 1.40 bits per heavy atom. The lowest BCUT2D eigenvalue weighted by Crippen LogP contribution is -2.10. The van der Waals surface area contributed by atoms with E-state index in [9.17, 15) is 0 Å². The van der Waals surface area contributed by atoms with Crippen LogP contribution in [0.3, 0.4) is 0 Å². The molecule has 0 atom stereocenters. The van der Waals surface area contributed by atoms with Crippen molar-refractivity contribution in [3.05, 3.63) is 23.5 Å². The second-order valence-electron chi connectivity index (χ2n) is 5.25. The van der Waals surface area contributed by atoms with Gasteiger partial charge in [0.05, 0.1) is 0 Å². The Balaban J connectivity index is 1.82. The fraction of sp³-hybridized carbons (Fsp3) is 0.714. The van der Waals surface area contributed by atoms with Crippen LogP contribution in [0.4, 0.5) is 0 Å². The third-order valence-electron chi connectivity index (χ3n) is 4.16. The minimum absolute atomic E-state index is 0.823. The fourth-order valence-corrected chi connectivity index (χ4v) is 3.23. The van der Waals surface area contributed by atoms with Gasteiger partial charge in [-0.1, -0.05) is 19.3 Å². The lowest BCUT2D eigenvalue weighted by atomic mass is 9.95. The summed E-state index contributed by atoms with van der Waals surface area (Å²) >= 11 is 0. The van der Waals surface area contributed by atoms with Gasteiger partial charge in [0.1, 0.15) is 0 Å². The maximum absolute atomic E-state index is 2.54. The van der Waals surface area contributed by atoms with Crippen LogP contribution in [0.15, 0.2) is 12.4 Å². The molecule has 0 spiro atoms. The van der Waals surface area contributed by atoms with Crippen molar-refractivity contribution < 1.29 is 0 Å². The molecule has 0 N–H and O–H groups in total. The third kappa shape index (κ3) is 1.84. The van der Waals surface area contributed by atoms with E-state index in [2.05, 4.69) is 17.0 Å². The van der Waals surface area contributed by atoms with Gasteiger partial charge < -0.3 is 4.57 Å². The number of hydrogen-bond donors (Lipinski definition) is 0. The second kappa shape index (κ2) is 4.03. The number of hydrogen-bond acceptors (Lipinski definition) is 0. The number of nitrogens with zero attached hydrogens (tertiary/aromatic N) is 1. The highest BCUT2D eigenvalue weighted by molar-refractivity contribution is 5.27.